The van der Waals surface area contributed by atoms with Gasteiger partial charge in [-0.15, -0.1) is 4.40 Å². The Morgan fingerprint density at radius 1 is 1.09 bits per heavy atom. The Kier molecular flexibility index (Phi) is 4.03. The predicted octanol–water partition coefficient (Wildman–Crippen LogP) is 3.70. The van der Waals surface area contributed by atoms with E-state index in [9.17, 15) is 17.2 Å². The van der Waals surface area contributed by atoms with Gasteiger partial charge in [-0.25, -0.2) is 0 Å². The molecule has 0 aliphatic heterocycles. The van der Waals surface area contributed by atoms with Gasteiger partial charge >= 0.3 is 6.55 Å². The minimum absolute atomic E-state index is 0.0265. The maximum atomic E-state index is 13.3. The molecule has 120 valence electrons. The number of benzene rings is 2. The van der Waals surface area contributed by atoms with E-state index in [2.05, 4.69) is 4.40 Å². The topological polar surface area (TPSA) is 51.4 Å². The summed E-state index contributed by atoms with van der Waals surface area (Å²) >= 11 is 0.914. The van der Waals surface area contributed by atoms with Gasteiger partial charge < -0.3 is 0 Å². The first-order chi connectivity index (χ1) is 10.9. The zero-order chi connectivity index (χ0) is 16.6. The van der Waals surface area contributed by atoms with Crippen LogP contribution in [0, 0.1) is 6.92 Å². The summed E-state index contributed by atoms with van der Waals surface area (Å²) in [6.07, 6.45) is 0. The van der Waals surface area contributed by atoms with Crippen LogP contribution < -0.4 is 4.80 Å². The van der Waals surface area contributed by atoms with Crippen LogP contribution in [0.2, 0.25) is 0 Å². The number of sulfonamides is 1. The van der Waals surface area contributed by atoms with E-state index in [1.807, 2.05) is 6.92 Å². The van der Waals surface area contributed by atoms with E-state index in [1.54, 1.807) is 30.3 Å². The molecule has 0 amide bonds. The van der Waals surface area contributed by atoms with E-state index in [-0.39, 0.29) is 15.2 Å². The second-order valence-electron chi connectivity index (χ2n) is 4.88. The number of nitrogens with zero attached hydrogens (tertiary/aromatic N) is 2. The van der Waals surface area contributed by atoms with Gasteiger partial charge in [-0.05, 0) is 31.2 Å². The number of thiazole rings is 1. The molecule has 0 saturated heterocycles. The van der Waals surface area contributed by atoms with Gasteiger partial charge in [0.15, 0.2) is 0 Å². The number of halogens is 2. The van der Waals surface area contributed by atoms with Crippen molar-refractivity contribution < 1.29 is 17.2 Å². The largest absolute Gasteiger partial charge is 0.321 e. The number of rotatable bonds is 3. The highest BCUT2D eigenvalue weighted by Crippen LogP contribution is 2.22. The smallest absolute Gasteiger partial charge is 0.258 e. The van der Waals surface area contributed by atoms with E-state index in [1.165, 1.54) is 18.2 Å². The standard InChI is InChI=1S/C15H12F2N2O2S2/c1-10-6-8-11(9-7-10)23(20,21)18-15-19(14(16)17)12-4-2-3-5-13(12)22-15/h2-9,14H,1H3/b18-15+. The highest BCUT2D eigenvalue weighted by Gasteiger charge is 2.18. The zero-order valence-corrected chi connectivity index (χ0v) is 13.6. The van der Waals surface area contributed by atoms with Crippen LogP contribution >= 0.6 is 11.3 Å². The van der Waals surface area contributed by atoms with Gasteiger partial charge in [0.25, 0.3) is 10.0 Å². The number of fused-ring (bicyclic) bond motifs is 1. The minimum Gasteiger partial charge on any atom is -0.258 e. The zero-order valence-electron chi connectivity index (χ0n) is 12.0. The second kappa shape index (κ2) is 5.86. The first-order valence-corrected chi connectivity index (χ1v) is 8.90. The van der Waals surface area contributed by atoms with Gasteiger partial charge in [-0.3, -0.25) is 4.57 Å². The summed E-state index contributed by atoms with van der Waals surface area (Å²) < 4.78 is 56.2. The summed E-state index contributed by atoms with van der Waals surface area (Å²) in [6.45, 7) is -1.05. The summed E-state index contributed by atoms with van der Waals surface area (Å²) in [5.41, 5.74) is 1.15. The van der Waals surface area contributed by atoms with Crippen LogP contribution in [0.15, 0.2) is 57.8 Å². The fraction of sp³-hybridized carbons (Fsp3) is 0.133. The fourth-order valence-corrected chi connectivity index (χ4v) is 4.32. The first-order valence-electron chi connectivity index (χ1n) is 6.64. The molecule has 8 heteroatoms. The van der Waals surface area contributed by atoms with Crippen molar-refractivity contribution in [3.05, 3.63) is 58.9 Å². The molecule has 1 aromatic heterocycles. The third-order valence-corrected chi connectivity index (χ3v) is 5.68. The normalized spacial score (nSPS) is 13.1. The lowest BCUT2D eigenvalue weighted by molar-refractivity contribution is 0.0723. The molecule has 0 aliphatic rings. The molecular formula is C15H12F2N2O2S2. The summed E-state index contributed by atoms with van der Waals surface area (Å²) in [4.78, 5) is -0.275. The number of alkyl halides is 2. The van der Waals surface area contributed by atoms with E-state index < -0.39 is 16.6 Å². The van der Waals surface area contributed by atoms with Crippen LogP contribution in [-0.2, 0) is 10.0 Å². The molecule has 0 radical (unpaired) electrons. The average molecular weight is 354 g/mol. The van der Waals surface area contributed by atoms with Crippen molar-refractivity contribution in [2.75, 3.05) is 0 Å². The van der Waals surface area contributed by atoms with Crippen molar-refractivity contribution in [1.29, 1.82) is 0 Å². The Bertz CT molecular complexity index is 1020. The summed E-state index contributed by atoms with van der Waals surface area (Å²) in [6, 6.07) is 12.6. The van der Waals surface area contributed by atoms with E-state index >= 15 is 0 Å². The van der Waals surface area contributed by atoms with E-state index in [4.69, 9.17) is 0 Å². The van der Waals surface area contributed by atoms with Crippen LogP contribution in [0.5, 0.6) is 0 Å². The summed E-state index contributed by atoms with van der Waals surface area (Å²) in [5.74, 6) is 0. The molecule has 3 aromatic rings. The van der Waals surface area contributed by atoms with Gasteiger partial charge in [0.2, 0.25) is 4.80 Å². The molecule has 0 unspecified atom stereocenters. The third kappa shape index (κ3) is 3.04. The minimum atomic E-state index is -4.05. The van der Waals surface area contributed by atoms with Crippen LogP contribution in [0.1, 0.15) is 12.1 Å². The van der Waals surface area contributed by atoms with Crippen molar-refractivity contribution in [3.8, 4) is 0 Å². The van der Waals surface area contributed by atoms with Gasteiger partial charge in [-0.1, -0.05) is 41.2 Å². The van der Waals surface area contributed by atoms with Crippen molar-refractivity contribution in [2.45, 2.75) is 18.4 Å². The lowest BCUT2D eigenvalue weighted by Crippen LogP contribution is -2.17. The molecule has 23 heavy (non-hydrogen) atoms. The van der Waals surface area contributed by atoms with Crippen LogP contribution in [-0.4, -0.2) is 13.0 Å². The van der Waals surface area contributed by atoms with Crippen LogP contribution in [0.25, 0.3) is 10.2 Å². The predicted molar refractivity (Wildman–Crippen MR) is 85.0 cm³/mol. The quantitative estimate of drug-likeness (QED) is 0.720. The molecule has 2 aromatic carbocycles. The lowest BCUT2D eigenvalue weighted by atomic mass is 10.2. The molecular weight excluding hydrogens is 342 g/mol. The number of aryl methyl sites for hydroxylation is 1. The van der Waals surface area contributed by atoms with Crippen molar-refractivity contribution >= 4 is 31.6 Å². The third-order valence-electron chi connectivity index (χ3n) is 3.24. The van der Waals surface area contributed by atoms with Crippen molar-refractivity contribution in [1.82, 2.24) is 4.57 Å². The monoisotopic (exact) mass is 354 g/mol. The lowest BCUT2D eigenvalue weighted by Gasteiger charge is -2.03. The number of hydrogen-bond acceptors (Lipinski definition) is 3. The maximum Gasteiger partial charge on any atom is 0.321 e. The summed E-state index contributed by atoms with van der Waals surface area (Å²) in [7, 11) is -4.05. The van der Waals surface area contributed by atoms with Gasteiger partial charge in [0, 0.05) is 0 Å². The van der Waals surface area contributed by atoms with Crippen molar-refractivity contribution in [3.63, 3.8) is 0 Å². The Balaban J connectivity index is 2.24. The van der Waals surface area contributed by atoms with Crippen LogP contribution in [0.3, 0.4) is 0 Å². The highest BCUT2D eigenvalue weighted by atomic mass is 32.2. The second-order valence-corrected chi connectivity index (χ2v) is 7.49. The Hall–Kier alpha value is -2.06. The van der Waals surface area contributed by atoms with Crippen molar-refractivity contribution in [2.24, 2.45) is 4.40 Å². The molecule has 1 heterocycles. The summed E-state index contributed by atoms with van der Waals surface area (Å²) in [5, 5.41) is 0. The molecule has 4 nitrogen and oxygen atoms in total. The number of aromatic nitrogens is 1. The molecule has 0 spiro atoms. The SMILES string of the molecule is Cc1ccc(S(=O)(=O)/N=c2/sc3ccccc3n2C(F)F)cc1. The van der Waals surface area contributed by atoms with Gasteiger partial charge in [-0.2, -0.15) is 17.2 Å². The maximum absolute atomic E-state index is 13.3. The Labute approximate surface area is 135 Å². The highest BCUT2D eigenvalue weighted by molar-refractivity contribution is 7.90. The Morgan fingerprint density at radius 3 is 2.39 bits per heavy atom. The van der Waals surface area contributed by atoms with E-state index in [0.717, 1.165) is 16.9 Å². The molecule has 0 aliphatic carbocycles. The molecule has 0 bridgehead atoms. The van der Waals surface area contributed by atoms with Gasteiger partial charge in [0.1, 0.15) is 0 Å². The Morgan fingerprint density at radius 2 is 1.74 bits per heavy atom. The number of para-hydroxylation sites is 1. The molecule has 3 rings (SSSR count). The van der Waals surface area contributed by atoms with Crippen LogP contribution in [0.4, 0.5) is 8.78 Å². The average Bonchev–Trinajstić information content (AvgIpc) is 2.84. The fourth-order valence-electron chi connectivity index (χ4n) is 2.11. The molecule has 0 fully saturated rings. The molecule has 0 saturated carbocycles. The molecule has 0 N–H and O–H groups in total. The van der Waals surface area contributed by atoms with Gasteiger partial charge in [0.05, 0.1) is 15.1 Å². The first kappa shape index (κ1) is 15.8. The van der Waals surface area contributed by atoms with E-state index in [0.29, 0.717) is 9.27 Å². The number of hydrogen-bond donors (Lipinski definition) is 0. The molecule has 0 atom stereocenters.